The molecule has 18 heavy (non-hydrogen) atoms. The lowest BCUT2D eigenvalue weighted by atomic mass is 10.1. The van der Waals surface area contributed by atoms with Crippen LogP contribution in [0.2, 0.25) is 0 Å². The first kappa shape index (κ1) is 15.7. The van der Waals surface area contributed by atoms with E-state index in [1.165, 1.54) is 0 Å². The smallest absolute Gasteiger partial charge is 0.386 e. The Morgan fingerprint density at radius 2 is 2.06 bits per heavy atom. The zero-order chi connectivity index (χ0) is 13.9. The van der Waals surface area contributed by atoms with Gasteiger partial charge in [0.2, 0.25) is 10.0 Å². The third kappa shape index (κ3) is 5.98. The van der Waals surface area contributed by atoms with E-state index >= 15 is 0 Å². The summed E-state index contributed by atoms with van der Waals surface area (Å²) < 4.78 is 65.3. The molecule has 1 atom stereocenters. The Morgan fingerprint density at radius 1 is 1.39 bits per heavy atom. The van der Waals surface area contributed by atoms with E-state index in [0.29, 0.717) is 13.0 Å². The average Bonchev–Trinajstić information content (AvgIpc) is 2.61. The fraction of sp³-hybridized carbons (Fsp3) is 1.00. The highest BCUT2D eigenvalue weighted by molar-refractivity contribution is 7.89. The Bertz CT molecular complexity index is 362. The molecular formula is C9H16F3NO4S. The Morgan fingerprint density at radius 3 is 2.56 bits per heavy atom. The molecule has 9 heteroatoms. The highest BCUT2D eigenvalue weighted by atomic mass is 32.2. The van der Waals surface area contributed by atoms with Crippen molar-refractivity contribution in [3.05, 3.63) is 0 Å². The normalized spacial score (nSPS) is 25.6. The second kappa shape index (κ2) is 5.72. The number of nitrogens with one attached hydrogen (secondary N) is 1. The zero-order valence-corrected chi connectivity index (χ0v) is 10.5. The van der Waals surface area contributed by atoms with Gasteiger partial charge in [-0.2, -0.15) is 13.2 Å². The van der Waals surface area contributed by atoms with Crippen LogP contribution in [0.3, 0.4) is 0 Å². The van der Waals surface area contributed by atoms with Crippen LogP contribution in [0.1, 0.15) is 19.3 Å². The predicted octanol–water partition coefficient (Wildman–Crippen LogP) is 0.400. The van der Waals surface area contributed by atoms with E-state index in [-0.39, 0.29) is 13.2 Å². The first-order valence-electron chi connectivity index (χ1n) is 5.46. The van der Waals surface area contributed by atoms with Crippen LogP contribution in [0.5, 0.6) is 0 Å². The summed E-state index contributed by atoms with van der Waals surface area (Å²) in [4.78, 5) is 0. The number of aliphatic hydroxyl groups is 1. The second-order valence-electron chi connectivity index (χ2n) is 4.39. The van der Waals surface area contributed by atoms with Gasteiger partial charge in [0.25, 0.3) is 0 Å². The number of hydrogen-bond acceptors (Lipinski definition) is 4. The van der Waals surface area contributed by atoms with Gasteiger partial charge in [-0.25, -0.2) is 13.1 Å². The molecule has 1 unspecified atom stereocenters. The number of hydrogen-bond donors (Lipinski definition) is 2. The predicted molar refractivity (Wildman–Crippen MR) is 57.5 cm³/mol. The molecule has 108 valence electrons. The van der Waals surface area contributed by atoms with Crippen molar-refractivity contribution in [2.45, 2.75) is 31.0 Å². The molecule has 0 spiro atoms. The van der Waals surface area contributed by atoms with Crippen LogP contribution in [0.4, 0.5) is 13.2 Å². The molecule has 0 aromatic rings. The number of halogens is 3. The lowest BCUT2D eigenvalue weighted by molar-refractivity contribution is -0.134. The molecule has 1 aliphatic rings. The van der Waals surface area contributed by atoms with E-state index in [1.807, 2.05) is 0 Å². The fourth-order valence-electron chi connectivity index (χ4n) is 1.51. The molecule has 1 saturated heterocycles. The minimum atomic E-state index is -4.35. The average molecular weight is 291 g/mol. The summed E-state index contributed by atoms with van der Waals surface area (Å²) in [6.45, 7) is 0.131. The van der Waals surface area contributed by atoms with Crippen LogP contribution in [0.15, 0.2) is 0 Å². The van der Waals surface area contributed by atoms with Crippen LogP contribution in [0, 0.1) is 0 Å². The third-order valence-electron chi connectivity index (χ3n) is 2.58. The van der Waals surface area contributed by atoms with Gasteiger partial charge in [0.1, 0.15) is 5.60 Å². The van der Waals surface area contributed by atoms with Gasteiger partial charge in [0.05, 0.1) is 12.4 Å². The first-order chi connectivity index (χ1) is 8.12. The number of alkyl halides is 3. The summed E-state index contributed by atoms with van der Waals surface area (Å²) in [7, 11) is -3.80. The topological polar surface area (TPSA) is 75.6 Å². The first-order valence-corrected chi connectivity index (χ1v) is 7.11. The Labute approximate surface area is 103 Å². The van der Waals surface area contributed by atoms with Crippen molar-refractivity contribution >= 4 is 10.0 Å². The molecule has 0 aromatic carbocycles. The third-order valence-corrected chi connectivity index (χ3v) is 3.99. The van der Waals surface area contributed by atoms with E-state index in [1.54, 1.807) is 0 Å². The van der Waals surface area contributed by atoms with Gasteiger partial charge >= 0.3 is 6.18 Å². The van der Waals surface area contributed by atoms with Gasteiger partial charge in [-0.05, 0) is 6.42 Å². The van der Waals surface area contributed by atoms with Crippen molar-refractivity contribution < 1.29 is 31.4 Å². The van der Waals surface area contributed by atoms with Crippen molar-refractivity contribution in [2.75, 3.05) is 25.5 Å². The van der Waals surface area contributed by atoms with Crippen LogP contribution in [-0.4, -0.2) is 50.8 Å². The molecule has 2 N–H and O–H groups in total. The summed E-state index contributed by atoms with van der Waals surface area (Å²) in [5.41, 5.74) is -1.25. The van der Waals surface area contributed by atoms with Gasteiger partial charge in [0.15, 0.2) is 0 Å². The van der Waals surface area contributed by atoms with Crippen LogP contribution < -0.4 is 4.72 Å². The quantitative estimate of drug-likeness (QED) is 0.743. The lowest BCUT2D eigenvalue weighted by Crippen LogP contribution is -2.44. The number of ether oxygens (including phenoxy) is 1. The fourth-order valence-corrected chi connectivity index (χ4v) is 2.67. The van der Waals surface area contributed by atoms with Crippen molar-refractivity contribution in [1.29, 1.82) is 0 Å². The van der Waals surface area contributed by atoms with Crippen LogP contribution >= 0.6 is 0 Å². The maximum atomic E-state index is 11.9. The zero-order valence-electron chi connectivity index (χ0n) is 9.66. The van der Waals surface area contributed by atoms with Crippen LogP contribution in [-0.2, 0) is 14.8 Å². The van der Waals surface area contributed by atoms with Crippen molar-refractivity contribution in [3.8, 4) is 0 Å². The highest BCUT2D eigenvalue weighted by Crippen LogP contribution is 2.21. The van der Waals surface area contributed by atoms with E-state index in [9.17, 15) is 26.7 Å². The minimum Gasteiger partial charge on any atom is -0.386 e. The maximum absolute atomic E-state index is 11.9. The molecule has 0 aromatic heterocycles. The van der Waals surface area contributed by atoms with Gasteiger partial charge in [-0.15, -0.1) is 0 Å². The summed E-state index contributed by atoms with van der Waals surface area (Å²) >= 11 is 0. The van der Waals surface area contributed by atoms with Crippen molar-refractivity contribution in [2.24, 2.45) is 0 Å². The number of rotatable bonds is 6. The lowest BCUT2D eigenvalue weighted by Gasteiger charge is -2.20. The molecule has 5 nitrogen and oxygen atoms in total. The molecule has 1 aliphatic heterocycles. The molecule has 0 bridgehead atoms. The van der Waals surface area contributed by atoms with Crippen LogP contribution in [0.25, 0.3) is 0 Å². The monoisotopic (exact) mass is 291 g/mol. The number of sulfonamides is 1. The molecule has 1 fully saturated rings. The maximum Gasteiger partial charge on any atom is 0.389 e. The molecule has 0 radical (unpaired) electrons. The van der Waals surface area contributed by atoms with E-state index in [2.05, 4.69) is 4.72 Å². The summed E-state index contributed by atoms with van der Waals surface area (Å²) in [6, 6.07) is 0. The molecule has 0 aliphatic carbocycles. The van der Waals surface area contributed by atoms with Crippen molar-refractivity contribution in [3.63, 3.8) is 0 Å². The second-order valence-corrected chi connectivity index (χ2v) is 6.31. The van der Waals surface area contributed by atoms with E-state index < -0.39 is 40.4 Å². The van der Waals surface area contributed by atoms with E-state index in [0.717, 1.165) is 0 Å². The summed E-state index contributed by atoms with van der Waals surface area (Å²) in [5.74, 6) is -0.608. The highest BCUT2D eigenvalue weighted by Gasteiger charge is 2.33. The minimum absolute atomic E-state index is 0.0259. The molecule has 1 rings (SSSR count). The summed E-state index contributed by atoms with van der Waals surface area (Å²) in [6.07, 6.45) is -5.68. The van der Waals surface area contributed by atoms with Crippen molar-refractivity contribution in [1.82, 2.24) is 4.72 Å². The van der Waals surface area contributed by atoms with Gasteiger partial charge in [-0.3, -0.25) is 0 Å². The Kier molecular flexibility index (Phi) is 4.98. The molecule has 0 saturated carbocycles. The Balaban J connectivity index is 2.31. The van der Waals surface area contributed by atoms with Gasteiger partial charge in [0, 0.05) is 26.0 Å². The van der Waals surface area contributed by atoms with Gasteiger partial charge in [-0.1, -0.05) is 0 Å². The molecular weight excluding hydrogens is 275 g/mol. The largest absolute Gasteiger partial charge is 0.389 e. The molecule has 1 heterocycles. The Hall–Kier alpha value is -0.380. The summed E-state index contributed by atoms with van der Waals surface area (Å²) in [5, 5.41) is 9.78. The SMILES string of the molecule is O=S(=O)(CCCC(F)(F)F)NCC1(O)CCOC1. The van der Waals surface area contributed by atoms with E-state index in [4.69, 9.17) is 4.74 Å². The standard InChI is InChI=1S/C9H16F3NO4S/c10-9(11,12)2-1-5-18(15,16)13-6-8(14)3-4-17-7-8/h13-14H,1-7H2. The van der Waals surface area contributed by atoms with Gasteiger partial charge < -0.3 is 9.84 Å². The molecule has 0 amide bonds.